The van der Waals surface area contributed by atoms with Gasteiger partial charge < -0.3 is 0 Å². The fourth-order valence-electron chi connectivity index (χ4n) is 5.55. The van der Waals surface area contributed by atoms with Crippen LogP contribution in [0.4, 0.5) is 0 Å². The summed E-state index contributed by atoms with van der Waals surface area (Å²) in [5.74, 6) is 0. The summed E-state index contributed by atoms with van der Waals surface area (Å²) in [6, 6.07) is 0. The Hall–Kier alpha value is 0.564. The van der Waals surface area contributed by atoms with Crippen molar-refractivity contribution in [1.82, 2.24) is 0 Å². The van der Waals surface area contributed by atoms with E-state index in [1.54, 1.807) is 0 Å². The molecule has 0 aliphatic carbocycles. The second-order valence-corrected chi connectivity index (χ2v) is 19.8. The molecule has 1 aliphatic rings. The van der Waals surface area contributed by atoms with Gasteiger partial charge in [-0.15, -0.1) is 0 Å². The summed E-state index contributed by atoms with van der Waals surface area (Å²) in [4.78, 5) is 0. The lowest BCUT2D eigenvalue weighted by Gasteiger charge is -2.72. The predicted octanol–water partition coefficient (Wildman–Crippen LogP) is 4.60. The average Bonchev–Trinajstić information content (AvgIpc) is 1.99. The molecule has 0 nitrogen and oxygen atoms in total. The largest absolute Gasteiger partial charge is 0.128 e. The summed E-state index contributed by atoms with van der Waals surface area (Å²) in [5.41, 5.74) is 0. The van der Waals surface area contributed by atoms with Crippen molar-refractivity contribution in [2.24, 2.45) is 0 Å². The van der Waals surface area contributed by atoms with Crippen molar-refractivity contribution >= 4 is 29.6 Å². The molecule has 1 rings (SSSR count). The minimum atomic E-state index is -1.11. The van der Waals surface area contributed by atoms with Crippen molar-refractivity contribution < 1.29 is 0 Å². The van der Waals surface area contributed by atoms with Crippen molar-refractivity contribution in [2.45, 2.75) is 76.4 Å². The van der Waals surface area contributed by atoms with Crippen molar-refractivity contribution in [2.75, 3.05) is 0 Å². The van der Waals surface area contributed by atoms with Crippen molar-refractivity contribution in [3.8, 4) is 0 Å². The van der Waals surface area contributed by atoms with Crippen LogP contribution in [-0.2, 0) is 0 Å². The summed E-state index contributed by atoms with van der Waals surface area (Å²) >= 11 is 0. The summed E-state index contributed by atoms with van der Waals surface area (Å²) in [5, 5.41) is 0.556. The molecular formula is C12H30B2Si2. The Morgan fingerprint density at radius 2 is 0.938 bits per heavy atom. The molecular weight excluding hydrogens is 222 g/mol. The number of rotatable bonds is 2. The van der Waals surface area contributed by atoms with E-state index >= 15 is 0 Å². The second-order valence-electron chi connectivity index (χ2n) is 8.63. The highest BCUT2D eigenvalue weighted by molar-refractivity contribution is 7.30. The van der Waals surface area contributed by atoms with Gasteiger partial charge in [-0.2, -0.15) is 0 Å². The van der Waals surface area contributed by atoms with E-state index in [1.165, 1.54) is 0 Å². The lowest BCUT2D eigenvalue weighted by molar-refractivity contribution is 0.812. The lowest BCUT2D eigenvalue weighted by Crippen LogP contribution is -2.80. The van der Waals surface area contributed by atoms with E-state index in [0.717, 1.165) is 17.9 Å². The molecule has 0 aromatic heterocycles. The highest BCUT2D eigenvalue weighted by Crippen LogP contribution is 2.69. The SMILES string of the molecule is CB1C(C)(C)B(C)C1([Si](C)(C)C)[Si](C)(C)C. The molecule has 1 heterocycles. The first-order valence-electron chi connectivity index (χ1n) is 6.81. The van der Waals surface area contributed by atoms with Crippen LogP contribution < -0.4 is 0 Å². The summed E-state index contributed by atoms with van der Waals surface area (Å²) in [7, 11) is -2.23. The topological polar surface area (TPSA) is 0 Å². The Labute approximate surface area is 106 Å². The van der Waals surface area contributed by atoms with Crippen molar-refractivity contribution in [3.05, 3.63) is 0 Å². The fraction of sp³-hybridized carbons (Fsp3) is 1.00. The molecule has 4 heteroatoms. The fourth-order valence-corrected chi connectivity index (χ4v) is 21.2. The molecule has 0 atom stereocenters. The van der Waals surface area contributed by atoms with E-state index in [1.807, 2.05) is 0 Å². The minimum Gasteiger partial charge on any atom is -0.0868 e. The quantitative estimate of drug-likeness (QED) is 0.630. The second kappa shape index (κ2) is 3.53. The smallest absolute Gasteiger partial charge is 0.0868 e. The Bertz CT molecular complexity index is 258. The molecule has 92 valence electrons. The van der Waals surface area contributed by atoms with Crippen molar-refractivity contribution in [1.29, 1.82) is 0 Å². The normalized spacial score (nSPS) is 24.4. The maximum absolute atomic E-state index is 2.60. The lowest BCUT2D eigenvalue weighted by atomic mass is 8.97. The molecule has 16 heavy (non-hydrogen) atoms. The maximum Gasteiger partial charge on any atom is 0.128 e. The zero-order valence-electron chi connectivity index (χ0n) is 13.2. The van der Waals surface area contributed by atoms with Crippen LogP contribution >= 0.6 is 0 Å². The molecule has 0 aromatic carbocycles. The molecule has 1 fully saturated rings. The predicted molar refractivity (Wildman–Crippen MR) is 86.7 cm³/mol. The molecule has 0 N–H and O–H groups in total. The molecule has 0 bridgehead atoms. The molecule has 0 amide bonds. The van der Waals surface area contributed by atoms with Gasteiger partial charge in [-0.25, -0.2) is 0 Å². The van der Waals surface area contributed by atoms with E-state index in [0.29, 0.717) is 5.21 Å². The van der Waals surface area contributed by atoms with Gasteiger partial charge in [-0.05, 0) is 0 Å². The zero-order valence-corrected chi connectivity index (χ0v) is 15.2. The third-order valence-electron chi connectivity index (χ3n) is 6.08. The zero-order chi connectivity index (χ0) is 13.2. The first-order chi connectivity index (χ1) is 6.81. The Morgan fingerprint density at radius 3 is 1.06 bits per heavy atom. The van der Waals surface area contributed by atoms with E-state index < -0.39 is 16.1 Å². The third kappa shape index (κ3) is 1.48. The Morgan fingerprint density at radius 1 is 0.688 bits per heavy atom. The van der Waals surface area contributed by atoms with Crippen LogP contribution in [0, 0.1) is 0 Å². The van der Waals surface area contributed by atoms with Gasteiger partial charge >= 0.3 is 0 Å². The highest BCUT2D eigenvalue weighted by Gasteiger charge is 2.73. The van der Waals surface area contributed by atoms with Crippen LogP contribution in [-0.4, -0.2) is 29.6 Å². The van der Waals surface area contributed by atoms with Crippen molar-refractivity contribution in [3.63, 3.8) is 0 Å². The van der Waals surface area contributed by atoms with Gasteiger partial charge in [-0.1, -0.05) is 76.4 Å². The Balaban J connectivity index is 3.33. The summed E-state index contributed by atoms with van der Waals surface area (Å²) in [6.45, 7) is 27.5. The van der Waals surface area contributed by atoms with Gasteiger partial charge in [-0.3, -0.25) is 0 Å². The maximum atomic E-state index is 2.60. The third-order valence-corrected chi connectivity index (χ3v) is 17.3. The van der Waals surface area contributed by atoms with Gasteiger partial charge in [0.15, 0.2) is 0 Å². The van der Waals surface area contributed by atoms with Crippen LogP contribution in [0.25, 0.3) is 0 Å². The van der Waals surface area contributed by atoms with Crippen LogP contribution in [0.3, 0.4) is 0 Å². The minimum absolute atomic E-state index is 0.556. The van der Waals surface area contributed by atoms with E-state index in [9.17, 15) is 0 Å². The monoisotopic (exact) mass is 252 g/mol. The molecule has 0 aromatic rings. The average molecular weight is 252 g/mol. The molecule has 0 saturated carbocycles. The standard InChI is InChI=1S/C12H30B2Si2/c1-11(2)13(3)12(14(11)4,15(5,6)7)16(8,9)10/h1-10H3. The molecule has 0 spiro atoms. The van der Waals surface area contributed by atoms with Gasteiger partial charge in [0.1, 0.15) is 13.4 Å². The van der Waals surface area contributed by atoms with E-state index in [2.05, 4.69) is 66.8 Å². The van der Waals surface area contributed by atoms with E-state index in [4.69, 9.17) is 0 Å². The molecule has 0 radical (unpaired) electrons. The number of hydrogen-bond donors (Lipinski definition) is 0. The molecule has 1 aliphatic heterocycles. The van der Waals surface area contributed by atoms with Gasteiger partial charge in [0.25, 0.3) is 0 Å². The first kappa shape index (κ1) is 14.6. The highest BCUT2D eigenvalue weighted by atomic mass is 28.4. The molecule has 1 saturated heterocycles. The van der Waals surface area contributed by atoms with Gasteiger partial charge in [0.2, 0.25) is 0 Å². The van der Waals surface area contributed by atoms with Crippen LogP contribution in [0.15, 0.2) is 0 Å². The van der Waals surface area contributed by atoms with Gasteiger partial charge in [0.05, 0.1) is 0 Å². The molecule has 0 unspecified atom stereocenters. The Kier molecular flexibility index (Phi) is 3.23. The summed E-state index contributed by atoms with van der Waals surface area (Å²) < 4.78 is 0.726. The van der Waals surface area contributed by atoms with Crippen LogP contribution in [0.5, 0.6) is 0 Å². The number of hydrogen-bond acceptors (Lipinski definition) is 0. The van der Waals surface area contributed by atoms with Crippen LogP contribution in [0.2, 0.25) is 62.6 Å². The van der Waals surface area contributed by atoms with Crippen LogP contribution in [0.1, 0.15) is 13.8 Å². The van der Waals surface area contributed by atoms with Gasteiger partial charge in [0, 0.05) is 16.1 Å². The first-order valence-corrected chi connectivity index (χ1v) is 13.8. The summed E-state index contributed by atoms with van der Waals surface area (Å²) in [6.07, 6.45) is 0. The van der Waals surface area contributed by atoms with E-state index in [-0.39, 0.29) is 0 Å².